The zero-order valence-electron chi connectivity index (χ0n) is 26.0. The van der Waals surface area contributed by atoms with Crippen molar-refractivity contribution in [1.82, 2.24) is 40.3 Å². The van der Waals surface area contributed by atoms with E-state index in [9.17, 15) is 9.59 Å². The van der Waals surface area contributed by atoms with Gasteiger partial charge in [-0.2, -0.15) is 5.10 Å². The number of nitrogens with zero attached hydrogens (tertiary/aromatic N) is 8. The number of benzene rings is 1. The van der Waals surface area contributed by atoms with Crippen molar-refractivity contribution in [3.8, 4) is 22.6 Å². The van der Waals surface area contributed by atoms with E-state index in [1.807, 2.05) is 69.0 Å². The lowest BCUT2D eigenvalue weighted by molar-refractivity contribution is -0.0681. The molecule has 1 aliphatic heterocycles. The van der Waals surface area contributed by atoms with Crippen LogP contribution < -0.4 is 10.2 Å². The zero-order chi connectivity index (χ0) is 31.4. The molecule has 1 amide bonds. The number of tetrazole rings is 1. The molecule has 1 fully saturated rings. The molecular formula is C31H39N9O4. The van der Waals surface area contributed by atoms with Crippen LogP contribution in [-0.2, 0) is 16.5 Å². The lowest BCUT2D eigenvalue weighted by atomic mass is 9.94. The van der Waals surface area contributed by atoms with Gasteiger partial charge < -0.3 is 14.8 Å². The Bertz CT molecular complexity index is 1600. The minimum atomic E-state index is -0.852. The molecule has 1 unspecified atom stereocenters. The van der Waals surface area contributed by atoms with Gasteiger partial charge in [0.25, 0.3) is 5.91 Å². The standard InChI is InChI=1S/C31H39N9O4/c1-7-43-30(42)44-29(31(3,4)5)40-36-26(35-37-40)25-24(19-34-38(25)6)21-12-14-22(15-13-21)28(41)39(23-11-9-16-32-18-23)27-20(2)10-8-17-33-27/h8,10,12-15,17,19,23,29,32H,7,9,11,16,18H2,1-6H3/t23-,29?/m1/s1. The Labute approximate surface area is 256 Å². The average Bonchev–Trinajstić information content (AvgIpc) is 3.63. The normalized spacial score (nSPS) is 15.9. The second kappa shape index (κ2) is 12.9. The van der Waals surface area contributed by atoms with Crippen LogP contribution in [0.5, 0.6) is 0 Å². The van der Waals surface area contributed by atoms with Crippen LogP contribution in [0.4, 0.5) is 10.6 Å². The first-order chi connectivity index (χ1) is 21.1. The van der Waals surface area contributed by atoms with Gasteiger partial charge in [0.05, 0.1) is 18.8 Å². The van der Waals surface area contributed by atoms with E-state index in [0.29, 0.717) is 29.4 Å². The highest BCUT2D eigenvalue weighted by molar-refractivity contribution is 6.06. The molecule has 0 bridgehead atoms. The van der Waals surface area contributed by atoms with E-state index in [1.165, 1.54) is 4.80 Å². The van der Waals surface area contributed by atoms with Crippen molar-refractivity contribution in [3.63, 3.8) is 0 Å². The number of pyridine rings is 1. The third-order valence-corrected chi connectivity index (χ3v) is 7.51. The third kappa shape index (κ3) is 6.47. The predicted molar refractivity (Wildman–Crippen MR) is 164 cm³/mol. The molecular weight excluding hydrogens is 562 g/mol. The highest BCUT2D eigenvalue weighted by Gasteiger charge is 2.34. The van der Waals surface area contributed by atoms with Crippen LogP contribution in [0.3, 0.4) is 0 Å². The molecule has 4 aromatic rings. The number of carbonyl (C=O) groups is 2. The van der Waals surface area contributed by atoms with Gasteiger partial charge in [0.1, 0.15) is 11.5 Å². The van der Waals surface area contributed by atoms with Gasteiger partial charge in [-0.15, -0.1) is 15.0 Å². The molecule has 0 aliphatic carbocycles. The molecule has 0 saturated carbocycles. The Morgan fingerprint density at radius 2 is 1.95 bits per heavy atom. The molecule has 1 aromatic carbocycles. The first kappa shape index (κ1) is 30.8. The molecule has 4 heterocycles. The summed E-state index contributed by atoms with van der Waals surface area (Å²) in [5.41, 5.74) is 3.18. The minimum absolute atomic E-state index is 0.00729. The second-order valence-electron chi connectivity index (χ2n) is 11.9. The van der Waals surface area contributed by atoms with E-state index < -0.39 is 17.8 Å². The molecule has 44 heavy (non-hydrogen) atoms. The van der Waals surface area contributed by atoms with Crippen LogP contribution >= 0.6 is 0 Å². The van der Waals surface area contributed by atoms with Crippen LogP contribution in [0.15, 0.2) is 48.8 Å². The van der Waals surface area contributed by atoms with Crippen molar-refractivity contribution in [2.75, 3.05) is 24.6 Å². The zero-order valence-corrected chi connectivity index (χ0v) is 26.0. The monoisotopic (exact) mass is 601 g/mol. The molecule has 13 nitrogen and oxygen atoms in total. The fourth-order valence-corrected chi connectivity index (χ4v) is 5.30. The maximum atomic E-state index is 14.0. The minimum Gasteiger partial charge on any atom is -0.435 e. The van der Waals surface area contributed by atoms with Gasteiger partial charge in [-0.05, 0) is 67.8 Å². The summed E-state index contributed by atoms with van der Waals surface area (Å²) in [6, 6.07) is 11.3. The summed E-state index contributed by atoms with van der Waals surface area (Å²) in [4.78, 5) is 33.8. The van der Waals surface area contributed by atoms with Crippen LogP contribution in [-0.4, -0.2) is 72.8 Å². The number of hydrogen-bond acceptors (Lipinski definition) is 10. The van der Waals surface area contributed by atoms with Crippen LogP contribution in [0.1, 0.15) is 62.7 Å². The smallest absolute Gasteiger partial charge is 0.435 e. The summed E-state index contributed by atoms with van der Waals surface area (Å²) < 4.78 is 12.2. The molecule has 13 heteroatoms. The number of piperidine rings is 1. The van der Waals surface area contributed by atoms with Gasteiger partial charge in [0.15, 0.2) is 0 Å². The summed E-state index contributed by atoms with van der Waals surface area (Å²) in [5, 5.41) is 20.9. The Balaban J connectivity index is 1.43. The summed E-state index contributed by atoms with van der Waals surface area (Å²) >= 11 is 0. The van der Waals surface area contributed by atoms with E-state index in [2.05, 4.69) is 30.8 Å². The number of nitrogens with one attached hydrogen (secondary N) is 1. The van der Waals surface area contributed by atoms with Crippen molar-refractivity contribution < 1.29 is 19.1 Å². The van der Waals surface area contributed by atoms with Gasteiger partial charge in [-0.25, -0.2) is 9.78 Å². The molecule has 2 atom stereocenters. The summed E-state index contributed by atoms with van der Waals surface area (Å²) in [5.74, 6) is 0.890. The van der Waals surface area contributed by atoms with E-state index in [0.717, 1.165) is 36.1 Å². The summed E-state index contributed by atoms with van der Waals surface area (Å²) in [6.07, 6.45) is 3.69. The largest absolute Gasteiger partial charge is 0.510 e. The average molecular weight is 602 g/mol. The molecule has 1 aliphatic rings. The predicted octanol–water partition coefficient (Wildman–Crippen LogP) is 4.56. The third-order valence-electron chi connectivity index (χ3n) is 7.51. The Morgan fingerprint density at radius 1 is 1.18 bits per heavy atom. The SMILES string of the molecule is CCOC(=O)OC(n1nnc(-c2c(-c3ccc(C(=O)N(c4ncccc4C)[C@@H]4CCCNC4)cc3)cnn2C)n1)C(C)(C)C. The van der Waals surface area contributed by atoms with Gasteiger partial charge in [-0.3, -0.25) is 14.4 Å². The van der Waals surface area contributed by atoms with Gasteiger partial charge in [0, 0.05) is 36.3 Å². The molecule has 232 valence electrons. The van der Waals surface area contributed by atoms with E-state index in [4.69, 9.17) is 9.47 Å². The van der Waals surface area contributed by atoms with E-state index >= 15 is 0 Å². The lowest BCUT2D eigenvalue weighted by Crippen LogP contribution is -2.49. The van der Waals surface area contributed by atoms with Crippen LogP contribution in [0.25, 0.3) is 22.6 Å². The molecule has 3 aromatic heterocycles. The second-order valence-corrected chi connectivity index (χ2v) is 11.9. The first-order valence-corrected chi connectivity index (χ1v) is 14.8. The Morgan fingerprint density at radius 3 is 2.61 bits per heavy atom. The van der Waals surface area contributed by atoms with Crippen LogP contribution in [0.2, 0.25) is 0 Å². The molecule has 1 saturated heterocycles. The van der Waals surface area contributed by atoms with Gasteiger partial charge in [0.2, 0.25) is 12.1 Å². The Kier molecular flexibility index (Phi) is 9.04. The van der Waals surface area contributed by atoms with Gasteiger partial charge in [-0.1, -0.05) is 39.0 Å². The molecule has 1 N–H and O–H groups in total. The molecule has 0 spiro atoms. The van der Waals surface area contributed by atoms with Crippen LogP contribution in [0, 0.1) is 12.3 Å². The van der Waals surface area contributed by atoms with Crippen molar-refractivity contribution in [3.05, 3.63) is 59.9 Å². The van der Waals surface area contributed by atoms with Crippen molar-refractivity contribution in [2.24, 2.45) is 12.5 Å². The Hall–Kier alpha value is -4.65. The fourth-order valence-electron chi connectivity index (χ4n) is 5.30. The summed E-state index contributed by atoms with van der Waals surface area (Å²) in [7, 11) is 1.79. The topological polar surface area (TPSA) is 142 Å². The maximum Gasteiger partial charge on any atom is 0.510 e. The number of rotatable bonds is 8. The van der Waals surface area contributed by atoms with Gasteiger partial charge >= 0.3 is 6.16 Å². The fraction of sp³-hybridized carbons (Fsp3) is 0.452. The van der Waals surface area contributed by atoms with Crippen molar-refractivity contribution in [2.45, 2.75) is 59.7 Å². The van der Waals surface area contributed by atoms with E-state index in [-0.39, 0.29) is 18.6 Å². The first-order valence-electron chi connectivity index (χ1n) is 14.8. The number of aromatic nitrogens is 7. The number of ether oxygens (including phenoxy) is 2. The number of amides is 1. The number of anilines is 1. The van der Waals surface area contributed by atoms with Crippen molar-refractivity contribution >= 4 is 17.9 Å². The summed E-state index contributed by atoms with van der Waals surface area (Å²) in [6.45, 7) is 11.2. The number of carbonyl (C=O) groups excluding carboxylic acids is 2. The van der Waals surface area contributed by atoms with E-state index in [1.54, 1.807) is 31.0 Å². The highest BCUT2D eigenvalue weighted by Crippen LogP contribution is 2.34. The number of hydrogen-bond donors (Lipinski definition) is 1. The quantitative estimate of drug-likeness (QED) is 0.286. The maximum absolute atomic E-state index is 14.0. The molecule has 0 radical (unpaired) electrons. The number of aryl methyl sites for hydroxylation is 2. The lowest BCUT2D eigenvalue weighted by Gasteiger charge is -2.34. The van der Waals surface area contributed by atoms with Crippen molar-refractivity contribution in [1.29, 1.82) is 0 Å². The molecule has 5 rings (SSSR count). The highest BCUT2D eigenvalue weighted by atomic mass is 16.7.